The van der Waals surface area contributed by atoms with Crippen molar-refractivity contribution in [3.63, 3.8) is 0 Å². The number of rotatable bonds is 8. The predicted octanol–water partition coefficient (Wildman–Crippen LogP) is 8.67. The summed E-state index contributed by atoms with van der Waals surface area (Å²) in [6, 6.07) is 10.6. The number of likely N-dealkylation sites (tertiary alicyclic amines) is 1. The normalized spacial score (nSPS) is 21.5. The highest BCUT2D eigenvalue weighted by atomic mass is 35.5. The number of benzene rings is 2. The standard InChI is InChI=1S/C36H44ClN3O2.2ClH/c1-22-12-24-17-28(13-22)35-32(18-24)39-31-21-29(37)4-5-30(31)36(35)38-8-11-40-9-6-23(7-10-40)14-25-15-26-19-33(41-2)34(42-3)20-27(26)16-25;;/h4-5,12,19-21,23-25,28H,6-11,13-18H2,1-3H3,(H,38,39);2*1H. The van der Waals surface area contributed by atoms with Gasteiger partial charge in [-0.15, -0.1) is 24.8 Å². The van der Waals surface area contributed by atoms with Crippen LogP contribution in [0.3, 0.4) is 0 Å². The molecule has 2 bridgehead atoms. The van der Waals surface area contributed by atoms with Crippen LogP contribution >= 0.6 is 36.4 Å². The molecule has 0 amide bonds. The van der Waals surface area contributed by atoms with Crippen molar-refractivity contribution in [2.45, 2.75) is 64.2 Å². The lowest BCUT2D eigenvalue weighted by atomic mass is 9.71. The molecule has 1 saturated heterocycles. The van der Waals surface area contributed by atoms with Crippen LogP contribution < -0.4 is 14.8 Å². The van der Waals surface area contributed by atoms with E-state index >= 15 is 0 Å². The molecule has 0 spiro atoms. The topological polar surface area (TPSA) is 46.6 Å². The van der Waals surface area contributed by atoms with Crippen LogP contribution in [-0.2, 0) is 19.3 Å². The monoisotopic (exact) mass is 657 g/mol. The molecule has 1 aliphatic heterocycles. The van der Waals surface area contributed by atoms with Crippen molar-refractivity contribution in [2.75, 3.05) is 45.7 Å². The van der Waals surface area contributed by atoms with E-state index in [-0.39, 0.29) is 24.8 Å². The number of anilines is 1. The first-order chi connectivity index (χ1) is 20.5. The average Bonchev–Trinajstić information content (AvgIpc) is 3.37. The van der Waals surface area contributed by atoms with Gasteiger partial charge in [0.15, 0.2) is 11.5 Å². The van der Waals surface area contributed by atoms with Crippen LogP contribution in [0.15, 0.2) is 42.0 Å². The van der Waals surface area contributed by atoms with E-state index in [0.717, 1.165) is 59.8 Å². The Kier molecular flexibility index (Phi) is 10.6. The summed E-state index contributed by atoms with van der Waals surface area (Å²) < 4.78 is 11.1. The minimum Gasteiger partial charge on any atom is -0.493 e. The van der Waals surface area contributed by atoms with E-state index in [1.54, 1.807) is 14.2 Å². The van der Waals surface area contributed by atoms with Crippen LogP contribution in [-0.4, -0.2) is 50.3 Å². The molecule has 5 nitrogen and oxygen atoms in total. The van der Waals surface area contributed by atoms with E-state index in [1.807, 2.05) is 12.1 Å². The number of pyridine rings is 1. The summed E-state index contributed by atoms with van der Waals surface area (Å²) >= 11 is 6.40. The highest BCUT2D eigenvalue weighted by Crippen LogP contribution is 2.47. The van der Waals surface area contributed by atoms with Crippen LogP contribution in [0, 0.1) is 17.8 Å². The number of allylic oxidation sites excluding steroid dienone is 2. The maximum Gasteiger partial charge on any atom is 0.161 e. The molecule has 0 radical (unpaired) electrons. The fourth-order valence-corrected chi connectivity index (χ4v) is 8.70. The maximum absolute atomic E-state index is 6.40. The number of piperidine rings is 1. The van der Waals surface area contributed by atoms with Gasteiger partial charge in [0.2, 0.25) is 0 Å². The van der Waals surface area contributed by atoms with Crippen LogP contribution in [0.1, 0.15) is 67.3 Å². The Morgan fingerprint density at radius 1 is 0.932 bits per heavy atom. The van der Waals surface area contributed by atoms with Gasteiger partial charge in [-0.2, -0.15) is 0 Å². The molecule has 3 aromatic rings. The Balaban J connectivity index is 0.00000192. The summed E-state index contributed by atoms with van der Waals surface area (Å²) in [5, 5.41) is 5.91. The quantitative estimate of drug-likeness (QED) is 0.246. The SMILES string of the molecule is COc1cc2c(cc1OC)CC(CC1CCN(CCNc3c4c(nc5cc(Cl)ccc35)CC3C=C(C)CC4C3)CC1)C2.Cl.Cl. The molecule has 2 unspecified atom stereocenters. The van der Waals surface area contributed by atoms with Gasteiger partial charge in [0.1, 0.15) is 0 Å². The van der Waals surface area contributed by atoms with Gasteiger partial charge in [0.25, 0.3) is 0 Å². The molecule has 238 valence electrons. The number of hydrogen-bond donors (Lipinski definition) is 1. The number of hydrogen-bond acceptors (Lipinski definition) is 5. The van der Waals surface area contributed by atoms with E-state index in [4.69, 9.17) is 26.1 Å². The molecule has 2 atom stereocenters. The van der Waals surface area contributed by atoms with Gasteiger partial charge in [0, 0.05) is 40.4 Å². The summed E-state index contributed by atoms with van der Waals surface area (Å²) in [7, 11) is 3.46. The van der Waals surface area contributed by atoms with Crippen molar-refractivity contribution in [3.8, 4) is 11.5 Å². The zero-order chi connectivity index (χ0) is 28.8. The fraction of sp³-hybridized carbons (Fsp3) is 0.528. The number of fused-ring (bicyclic) bond motifs is 6. The fourth-order valence-electron chi connectivity index (χ4n) is 8.54. The van der Waals surface area contributed by atoms with Crippen LogP contribution in [0.25, 0.3) is 10.9 Å². The van der Waals surface area contributed by atoms with E-state index in [9.17, 15) is 0 Å². The van der Waals surface area contributed by atoms with Crippen LogP contribution in [0.2, 0.25) is 5.02 Å². The smallest absolute Gasteiger partial charge is 0.161 e. The van der Waals surface area contributed by atoms with Crippen molar-refractivity contribution in [3.05, 3.63) is 69.4 Å². The minimum atomic E-state index is 0. The van der Waals surface area contributed by atoms with Crippen LogP contribution in [0.5, 0.6) is 11.5 Å². The number of ether oxygens (including phenoxy) is 2. The summed E-state index contributed by atoms with van der Waals surface area (Å²) in [6.45, 7) is 6.75. The van der Waals surface area contributed by atoms with Gasteiger partial charge in [-0.05, 0) is 137 Å². The molecule has 7 rings (SSSR count). The zero-order valence-corrected chi connectivity index (χ0v) is 28.6. The summed E-state index contributed by atoms with van der Waals surface area (Å²) in [5.41, 5.74) is 9.52. The Morgan fingerprint density at radius 3 is 2.32 bits per heavy atom. The number of nitrogens with one attached hydrogen (secondary N) is 1. The Labute approximate surface area is 279 Å². The second-order valence-electron chi connectivity index (χ2n) is 13.3. The van der Waals surface area contributed by atoms with E-state index in [2.05, 4.69) is 41.4 Å². The highest BCUT2D eigenvalue weighted by Gasteiger charge is 2.34. The average molecular weight is 659 g/mol. The highest BCUT2D eigenvalue weighted by molar-refractivity contribution is 6.31. The molecule has 1 N–H and O–H groups in total. The van der Waals surface area contributed by atoms with Gasteiger partial charge in [-0.1, -0.05) is 23.3 Å². The molecule has 4 aliphatic rings. The molecule has 44 heavy (non-hydrogen) atoms. The number of aromatic nitrogens is 1. The van der Waals surface area contributed by atoms with Gasteiger partial charge in [-0.25, -0.2) is 0 Å². The first kappa shape index (κ1) is 33.2. The van der Waals surface area contributed by atoms with Crippen molar-refractivity contribution >= 4 is 53.0 Å². The third kappa shape index (κ3) is 6.67. The lowest BCUT2D eigenvalue weighted by Gasteiger charge is -2.36. The first-order valence-electron chi connectivity index (χ1n) is 16.0. The lowest BCUT2D eigenvalue weighted by Crippen LogP contribution is -2.37. The van der Waals surface area contributed by atoms with Crippen molar-refractivity contribution < 1.29 is 9.47 Å². The molecule has 8 heteroatoms. The molecular formula is C36H46Cl3N3O2. The Bertz CT molecular complexity index is 1490. The third-order valence-corrected chi connectivity index (χ3v) is 10.7. The minimum absolute atomic E-state index is 0. The van der Waals surface area contributed by atoms with Crippen molar-refractivity contribution in [1.82, 2.24) is 9.88 Å². The Morgan fingerprint density at radius 2 is 1.64 bits per heavy atom. The van der Waals surface area contributed by atoms with Crippen molar-refractivity contribution in [1.29, 1.82) is 0 Å². The molecule has 2 heterocycles. The van der Waals surface area contributed by atoms with E-state index in [1.165, 1.54) is 90.6 Å². The van der Waals surface area contributed by atoms with E-state index in [0.29, 0.717) is 11.8 Å². The van der Waals surface area contributed by atoms with Gasteiger partial charge in [-0.3, -0.25) is 4.98 Å². The molecule has 1 fully saturated rings. The van der Waals surface area contributed by atoms with Gasteiger partial charge < -0.3 is 19.7 Å². The second-order valence-corrected chi connectivity index (χ2v) is 13.8. The summed E-state index contributed by atoms with van der Waals surface area (Å²) in [4.78, 5) is 7.81. The van der Waals surface area contributed by atoms with Gasteiger partial charge >= 0.3 is 0 Å². The predicted molar refractivity (Wildman–Crippen MR) is 187 cm³/mol. The Hall–Kier alpha value is -2.18. The molecule has 3 aliphatic carbocycles. The zero-order valence-electron chi connectivity index (χ0n) is 26.2. The summed E-state index contributed by atoms with van der Waals surface area (Å²) in [6.07, 6.45) is 12.2. The number of nitrogens with zero attached hydrogens (tertiary/aromatic N) is 2. The molecule has 0 saturated carbocycles. The third-order valence-electron chi connectivity index (χ3n) is 10.4. The second kappa shape index (κ2) is 14.1. The molecular weight excluding hydrogens is 613 g/mol. The first-order valence-corrected chi connectivity index (χ1v) is 16.3. The number of halogens is 3. The maximum atomic E-state index is 6.40. The summed E-state index contributed by atoms with van der Waals surface area (Å²) in [5.74, 6) is 4.48. The molecule has 2 aromatic carbocycles. The largest absolute Gasteiger partial charge is 0.493 e. The van der Waals surface area contributed by atoms with Gasteiger partial charge in [0.05, 0.1) is 19.7 Å². The van der Waals surface area contributed by atoms with Crippen molar-refractivity contribution in [2.24, 2.45) is 17.8 Å². The van der Waals surface area contributed by atoms with Crippen LogP contribution in [0.4, 0.5) is 5.69 Å². The number of methoxy groups -OCH3 is 2. The lowest BCUT2D eigenvalue weighted by molar-refractivity contribution is 0.172. The van der Waals surface area contributed by atoms with E-state index < -0.39 is 0 Å². The molecule has 1 aromatic heterocycles.